The molecule has 0 spiro atoms. The Morgan fingerprint density at radius 2 is 2.00 bits per heavy atom. The zero-order valence-electron chi connectivity index (χ0n) is 8.52. The molecule has 0 atom stereocenters. The van der Waals surface area contributed by atoms with Gasteiger partial charge in [0.25, 0.3) is 0 Å². The summed E-state index contributed by atoms with van der Waals surface area (Å²) in [7, 11) is 0. The van der Waals surface area contributed by atoms with E-state index in [2.05, 4.69) is 0 Å². The third kappa shape index (κ3) is 3.01. The maximum atomic E-state index is 8.96. The Hall–Kier alpha value is -0.480. The minimum absolute atomic E-state index is 0.122. The second kappa shape index (κ2) is 5.73. The quantitative estimate of drug-likeness (QED) is 0.841. The van der Waals surface area contributed by atoms with E-state index in [1.54, 1.807) is 23.1 Å². The summed E-state index contributed by atoms with van der Waals surface area (Å²) in [4.78, 5) is 1.00. The van der Waals surface area contributed by atoms with Crippen LogP contribution in [0.2, 0.25) is 5.02 Å². The molecule has 4 heteroatoms. The second-order valence-corrected chi connectivity index (χ2v) is 6.11. The molecule has 0 amide bonds. The van der Waals surface area contributed by atoms with Gasteiger partial charge < -0.3 is 5.11 Å². The molecule has 0 saturated carbocycles. The molecule has 0 bridgehead atoms. The van der Waals surface area contributed by atoms with Gasteiger partial charge in [0.2, 0.25) is 0 Å². The first kappa shape index (κ1) is 12.0. The molecule has 0 aliphatic carbocycles. The average Bonchev–Trinajstić information content (AvgIpc) is 2.76. The number of thiophene rings is 1. The first-order valence-corrected chi connectivity index (χ1v) is 7.03. The standard InChI is InChI=1S/C12H11ClOS2/c13-11-4-2-1-3-9(11)8-15-12-6-5-10(7-14)16-12/h1-6,14H,7-8H2. The summed E-state index contributed by atoms with van der Waals surface area (Å²) in [6, 6.07) is 11.9. The van der Waals surface area contributed by atoms with E-state index in [0.29, 0.717) is 0 Å². The van der Waals surface area contributed by atoms with E-state index in [0.717, 1.165) is 21.2 Å². The molecule has 1 heterocycles. The Morgan fingerprint density at radius 1 is 1.19 bits per heavy atom. The lowest BCUT2D eigenvalue weighted by Gasteiger charge is -2.01. The number of rotatable bonds is 4. The van der Waals surface area contributed by atoms with Crippen LogP contribution in [0.5, 0.6) is 0 Å². The van der Waals surface area contributed by atoms with Crippen LogP contribution < -0.4 is 0 Å². The number of halogens is 1. The molecule has 0 radical (unpaired) electrons. The van der Waals surface area contributed by atoms with Crippen LogP contribution in [-0.4, -0.2) is 5.11 Å². The predicted molar refractivity (Wildman–Crippen MR) is 71.3 cm³/mol. The van der Waals surface area contributed by atoms with Gasteiger partial charge in [0.1, 0.15) is 0 Å². The van der Waals surface area contributed by atoms with Crippen molar-refractivity contribution in [2.24, 2.45) is 0 Å². The normalized spacial score (nSPS) is 10.6. The predicted octanol–water partition coefficient (Wildman–Crippen LogP) is 4.19. The SMILES string of the molecule is OCc1ccc(SCc2ccccc2Cl)s1. The van der Waals surface area contributed by atoms with Crippen LogP contribution in [0.15, 0.2) is 40.6 Å². The van der Waals surface area contributed by atoms with Crippen molar-refractivity contribution < 1.29 is 5.11 Å². The number of aliphatic hydroxyl groups excluding tert-OH is 1. The Balaban J connectivity index is 1.99. The van der Waals surface area contributed by atoms with Gasteiger partial charge in [-0.1, -0.05) is 29.8 Å². The smallest absolute Gasteiger partial charge is 0.0774 e. The average molecular weight is 271 g/mol. The summed E-state index contributed by atoms with van der Waals surface area (Å²) < 4.78 is 1.21. The van der Waals surface area contributed by atoms with E-state index in [9.17, 15) is 0 Å². The van der Waals surface area contributed by atoms with Crippen LogP contribution in [-0.2, 0) is 12.4 Å². The summed E-state index contributed by atoms with van der Waals surface area (Å²) in [5.41, 5.74) is 1.15. The fourth-order valence-electron chi connectivity index (χ4n) is 1.29. The number of aliphatic hydroxyl groups is 1. The maximum Gasteiger partial charge on any atom is 0.0774 e. The molecule has 2 aromatic rings. The minimum Gasteiger partial charge on any atom is -0.391 e. The van der Waals surface area contributed by atoms with Gasteiger partial charge >= 0.3 is 0 Å². The van der Waals surface area contributed by atoms with Crippen molar-refractivity contribution >= 4 is 34.7 Å². The molecule has 1 nitrogen and oxygen atoms in total. The van der Waals surface area contributed by atoms with E-state index in [1.165, 1.54) is 4.21 Å². The Kier molecular flexibility index (Phi) is 4.29. The number of benzene rings is 1. The Morgan fingerprint density at radius 3 is 2.69 bits per heavy atom. The maximum absolute atomic E-state index is 8.96. The third-order valence-corrected chi connectivity index (χ3v) is 4.83. The highest BCUT2D eigenvalue weighted by molar-refractivity contribution is 8.00. The van der Waals surface area contributed by atoms with E-state index >= 15 is 0 Å². The molecule has 0 saturated heterocycles. The molecule has 1 aromatic carbocycles. The van der Waals surface area contributed by atoms with Crippen LogP contribution in [0.3, 0.4) is 0 Å². The second-order valence-electron chi connectivity index (χ2n) is 3.26. The lowest BCUT2D eigenvalue weighted by atomic mass is 10.2. The molecule has 16 heavy (non-hydrogen) atoms. The van der Waals surface area contributed by atoms with Crippen molar-refractivity contribution in [3.05, 3.63) is 51.9 Å². The van der Waals surface area contributed by atoms with Crippen molar-refractivity contribution in [1.82, 2.24) is 0 Å². The van der Waals surface area contributed by atoms with Crippen molar-refractivity contribution in [2.75, 3.05) is 0 Å². The molecule has 84 valence electrons. The van der Waals surface area contributed by atoms with Crippen molar-refractivity contribution in [1.29, 1.82) is 0 Å². The molecule has 0 aliphatic rings. The number of hydrogen-bond acceptors (Lipinski definition) is 3. The Labute approximate surface area is 108 Å². The van der Waals surface area contributed by atoms with Gasteiger partial charge in [0.05, 0.1) is 10.8 Å². The van der Waals surface area contributed by atoms with Crippen LogP contribution in [0.1, 0.15) is 10.4 Å². The summed E-state index contributed by atoms with van der Waals surface area (Å²) in [6.07, 6.45) is 0. The number of thioether (sulfide) groups is 1. The van der Waals surface area contributed by atoms with E-state index in [4.69, 9.17) is 16.7 Å². The van der Waals surface area contributed by atoms with Crippen molar-refractivity contribution in [3.63, 3.8) is 0 Å². The van der Waals surface area contributed by atoms with E-state index in [-0.39, 0.29) is 6.61 Å². The molecular weight excluding hydrogens is 260 g/mol. The van der Waals surface area contributed by atoms with E-state index in [1.807, 2.05) is 36.4 Å². The van der Waals surface area contributed by atoms with Crippen LogP contribution in [0, 0.1) is 0 Å². The monoisotopic (exact) mass is 270 g/mol. The topological polar surface area (TPSA) is 20.2 Å². The molecule has 0 unspecified atom stereocenters. The zero-order chi connectivity index (χ0) is 11.4. The highest BCUT2D eigenvalue weighted by Gasteiger charge is 2.03. The first-order valence-electron chi connectivity index (χ1n) is 4.85. The summed E-state index contributed by atoms with van der Waals surface area (Å²) in [6.45, 7) is 0.122. The van der Waals surface area contributed by atoms with Gasteiger partial charge in [0, 0.05) is 15.7 Å². The van der Waals surface area contributed by atoms with Gasteiger partial charge in [-0.15, -0.1) is 23.1 Å². The van der Waals surface area contributed by atoms with Gasteiger partial charge in [-0.05, 0) is 23.8 Å². The molecule has 0 fully saturated rings. The highest BCUT2D eigenvalue weighted by Crippen LogP contribution is 2.31. The molecule has 1 aromatic heterocycles. The zero-order valence-corrected chi connectivity index (χ0v) is 10.9. The Bertz CT molecular complexity index is 468. The fourth-order valence-corrected chi connectivity index (χ4v) is 3.61. The van der Waals surface area contributed by atoms with Crippen molar-refractivity contribution in [2.45, 2.75) is 16.6 Å². The fraction of sp³-hybridized carbons (Fsp3) is 0.167. The third-order valence-electron chi connectivity index (χ3n) is 2.12. The van der Waals surface area contributed by atoms with E-state index < -0.39 is 0 Å². The van der Waals surface area contributed by atoms with Gasteiger partial charge in [-0.2, -0.15) is 0 Å². The van der Waals surface area contributed by atoms with Crippen LogP contribution in [0.4, 0.5) is 0 Å². The van der Waals surface area contributed by atoms with Gasteiger partial charge in [-0.25, -0.2) is 0 Å². The molecule has 1 N–H and O–H groups in total. The van der Waals surface area contributed by atoms with Gasteiger partial charge in [-0.3, -0.25) is 0 Å². The minimum atomic E-state index is 0.122. The first-order chi connectivity index (χ1) is 7.79. The van der Waals surface area contributed by atoms with Crippen LogP contribution >= 0.6 is 34.7 Å². The van der Waals surface area contributed by atoms with Crippen LogP contribution in [0.25, 0.3) is 0 Å². The summed E-state index contributed by atoms with van der Waals surface area (Å²) in [5, 5.41) is 9.77. The molecule has 0 aliphatic heterocycles. The largest absolute Gasteiger partial charge is 0.391 e. The molecular formula is C12H11ClOS2. The summed E-state index contributed by atoms with van der Waals surface area (Å²) in [5.74, 6) is 0.866. The summed E-state index contributed by atoms with van der Waals surface area (Å²) >= 11 is 9.45. The highest BCUT2D eigenvalue weighted by atomic mass is 35.5. The van der Waals surface area contributed by atoms with Gasteiger partial charge in [0.15, 0.2) is 0 Å². The molecule has 2 rings (SSSR count). The van der Waals surface area contributed by atoms with Crippen molar-refractivity contribution in [3.8, 4) is 0 Å². The lowest BCUT2D eigenvalue weighted by Crippen LogP contribution is -1.80. The lowest BCUT2D eigenvalue weighted by molar-refractivity contribution is 0.285. The number of hydrogen-bond donors (Lipinski definition) is 1.